The van der Waals surface area contributed by atoms with E-state index in [1.165, 1.54) is 21.5 Å². The van der Waals surface area contributed by atoms with Gasteiger partial charge in [-0.2, -0.15) is 0 Å². The molecule has 1 aliphatic heterocycles. The number of hydrogen-bond donors (Lipinski definition) is 1. The molecule has 1 aromatic carbocycles. The molecule has 0 spiro atoms. The van der Waals surface area contributed by atoms with Crippen LogP contribution in [0.15, 0.2) is 64.0 Å². The molecule has 0 bridgehead atoms. The summed E-state index contributed by atoms with van der Waals surface area (Å²) < 4.78 is 5.50. The zero-order valence-electron chi connectivity index (χ0n) is 19.6. The van der Waals surface area contributed by atoms with Gasteiger partial charge in [0.25, 0.3) is 0 Å². The molecule has 2 aromatic heterocycles. The molecule has 3 heterocycles. The molecule has 0 saturated heterocycles. The van der Waals surface area contributed by atoms with E-state index in [2.05, 4.69) is 55.3 Å². The van der Waals surface area contributed by atoms with E-state index in [4.69, 9.17) is 11.6 Å². The van der Waals surface area contributed by atoms with Crippen molar-refractivity contribution >= 4 is 56.2 Å². The third kappa shape index (κ3) is 6.17. The van der Waals surface area contributed by atoms with Gasteiger partial charge in [0.1, 0.15) is 0 Å². The summed E-state index contributed by atoms with van der Waals surface area (Å²) >= 11 is 10.5. The number of nitrogens with zero attached hydrogens (tertiary/aromatic N) is 2. The fourth-order valence-electron chi connectivity index (χ4n) is 4.05. The molecule has 3 aromatic rings. The highest BCUT2D eigenvalue weighted by Gasteiger charge is 2.32. The highest BCUT2D eigenvalue weighted by Crippen LogP contribution is 2.48. The van der Waals surface area contributed by atoms with Gasteiger partial charge in [0.15, 0.2) is 0 Å². The normalized spacial score (nSPS) is 14.4. The predicted molar refractivity (Wildman–Crippen MR) is 147 cm³/mol. The maximum Gasteiger partial charge on any atom is 0.304 e. The van der Waals surface area contributed by atoms with Gasteiger partial charge in [-0.3, -0.25) is 4.79 Å². The lowest BCUT2D eigenvalue weighted by Crippen LogP contribution is -2.03. The third-order valence-electron chi connectivity index (χ3n) is 5.29. The second kappa shape index (κ2) is 13.1. The summed E-state index contributed by atoms with van der Waals surface area (Å²) in [5.74, 6) is -0.114. The SMILES string of the molecule is C/C=C/Sc1c2n(c3cc(-c4cccn4C)cc(Br)c13)CCC2CC(=O)O.C=CCCl.CC. The van der Waals surface area contributed by atoms with Gasteiger partial charge in [-0.1, -0.05) is 53.7 Å². The Morgan fingerprint density at radius 3 is 2.64 bits per heavy atom. The number of carboxylic acid groups (broad SMARTS) is 1. The third-order valence-corrected chi connectivity index (χ3v) is 7.19. The van der Waals surface area contributed by atoms with Crippen LogP contribution in [-0.2, 0) is 18.4 Å². The minimum Gasteiger partial charge on any atom is -0.481 e. The van der Waals surface area contributed by atoms with Gasteiger partial charge in [-0.15, -0.1) is 18.2 Å². The lowest BCUT2D eigenvalue weighted by Gasteiger charge is -2.09. The molecule has 1 atom stereocenters. The zero-order valence-corrected chi connectivity index (χ0v) is 22.8. The van der Waals surface area contributed by atoms with E-state index < -0.39 is 5.97 Å². The molecular formula is C26H32BrClN2O2S. The van der Waals surface area contributed by atoms with Crippen LogP contribution >= 0.6 is 39.3 Å². The highest BCUT2D eigenvalue weighted by atomic mass is 79.9. The first-order valence-corrected chi connectivity index (χ1v) is 13.3. The quantitative estimate of drug-likeness (QED) is 0.190. The van der Waals surface area contributed by atoms with Crippen molar-refractivity contribution in [3.05, 3.63) is 64.8 Å². The van der Waals surface area contributed by atoms with Crippen molar-refractivity contribution in [2.24, 2.45) is 7.05 Å². The Morgan fingerprint density at radius 1 is 1.39 bits per heavy atom. The van der Waals surface area contributed by atoms with E-state index in [0.29, 0.717) is 5.88 Å². The van der Waals surface area contributed by atoms with Crippen LogP contribution in [0, 0.1) is 0 Å². The number of rotatable bonds is 6. The molecule has 1 aliphatic rings. The first-order chi connectivity index (χ1) is 15.9. The molecule has 178 valence electrons. The fraction of sp³-hybridized carbons (Fsp3) is 0.346. The summed E-state index contributed by atoms with van der Waals surface area (Å²) in [5, 5.41) is 12.6. The van der Waals surface area contributed by atoms with E-state index in [1.807, 2.05) is 46.2 Å². The zero-order chi connectivity index (χ0) is 24.5. The van der Waals surface area contributed by atoms with Crippen LogP contribution in [0.4, 0.5) is 0 Å². The molecule has 1 unspecified atom stereocenters. The molecule has 0 fully saturated rings. The molecule has 0 radical (unpaired) electrons. The second-order valence-electron chi connectivity index (χ2n) is 7.34. The minimum absolute atomic E-state index is 0.0630. The van der Waals surface area contributed by atoms with Gasteiger partial charge in [0.05, 0.1) is 11.9 Å². The summed E-state index contributed by atoms with van der Waals surface area (Å²) in [6.07, 6.45) is 6.77. The number of benzene rings is 1. The lowest BCUT2D eigenvalue weighted by molar-refractivity contribution is -0.137. The maximum absolute atomic E-state index is 11.4. The number of carboxylic acids is 1. The van der Waals surface area contributed by atoms with Crippen molar-refractivity contribution in [1.82, 2.24) is 9.13 Å². The number of allylic oxidation sites excluding steroid dienone is 2. The number of halogens is 2. The van der Waals surface area contributed by atoms with E-state index in [0.717, 1.165) is 28.7 Å². The summed E-state index contributed by atoms with van der Waals surface area (Å²) in [4.78, 5) is 12.6. The average Bonchev–Trinajstić information content (AvgIpc) is 3.49. The molecule has 33 heavy (non-hydrogen) atoms. The number of aromatic nitrogens is 2. The number of carbonyl (C=O) groups is 1. The smallest absolute Gasteiger partial charge is 0.304 e. The van der Waals surface area contributed by atoms with Crippen LogP contribution in [-0.4, -0.2) is 26.1 Å². The first kappa shape index (κ1) is 27.4. The Kier molecular flexibility index (Phi) is 10.9. The Balaban J connectivity index is 0.000000582. The number of aliphatic carboxylic acids is 1. The van der Waals surface area contributed by atoms with Gasteiger partial charge >= 0.3 is 5.97 Å². The summed E-state index contributed by atoms with van der Waals surface area (Å²) in [6.45, 7) is 10.2. The molecule has 0 amide bonds. The number of alkyl halides is 1. The maximum atomic E-state index is 11.4. The fourth-order valence-corrected chi connectivity index (χ4v) is 5.83. The van der Waals surface area contributed by atoms with Crippen LogP contribution in [0.5, 0.6) is 0 Å². The van der Waals surface area contributed by atoms with Crippen LogP contribution < -0.4 is 0 Å². The number of thioether (sulfide) groups is 1. The summed E-state index contributed by atoms with van der Waals surface area (Å²) in [5.41, 5.74) is 4.66. The molecule has 4 rings (SSSR count). The van der Waals surface area contributed by atoms with Gasteiger partial charge in [-0.25, -0.2) is 0 Å². The highest BCUT2D eigenvalue weighted by molar-refractivity contribution is 9.10. The largest absolute Gasteiger partial charge is 0.481 e. The Bertz CT molecular complexity index is 1130. The summed E-state index contributed by atoms with van der Waals surface area (Å²) in [7, 11) is 2.05. The molecular weight excluding hydrogens is 520 g/mol. The second-order valence-corrected chi connectivity index (χ2v) is 9.42. The van der Waals surface area contributed by atoms with E-state index in [-0.39, 0.29) is 12.3 Å². The van der Waals surface area contributed by atoms with Crippen LogP contribution in [0.2, 0.25) is 0 Å². The number of fused-ring (bicyclic) bond motifs is 3. The van der Waals surface area contributed by atoms with Crippen molar-refractivity contribution in [2.45, 2.75) is 51.0 Å². The Labute approximate surface area is 214 Å². The van der Waals surface area contributed by atoms with Gasteiger partial charge < -0.3 is 14.2 Å². The van der Waals surface area contributed by atoms with Crippen molar-refractivity contribution < 1.29 is 9.90 Å². The monoisotopic (exact) mass is 550 g/mol. The predicted octanol–water partition coefficient (Wildman–Crippen LogP) is 8.43. The minimum atomic E-state index is -0.732. The standard InChI is InChI=1S/C21H21BrN2O2S.C3H5Cl.C2H6/c1-3-9-27-21-19-15(22)10-14(16-5-4-7-23(16)2)11-17(19)24-8-6-13(20(21)24)12-18(25)26;1-2-3-4;1-2/h3-5,7,9-11,13H,6,8,12H2,1-2H3,(H,25,26);2H,1,3H2;1-2H3/b9-3+;;. The van der Waals surface area contributed by atoms with Crippen molar-refractivity contribution in [3.63, 3.8) is 0 Å². The number of aryl methyl sites for hydroxylation is 2. The average molecular weight is 552 g/mol. The topological polar surface area (TPSA) is 47.2 Å². The van der Waals surface area contributed by atoms with E-state index in [9.17, 15) is 9.90 Å². The van der Waals surface area contributed by atoms with Gasteiger partial charge in [0, 0.05) is 63.3 Å². The first-order valence-electron chi connectivity index (χ1n) is 11.1. The molecule has 1 N–H and O–H groups in total. The summed E-state index contributed by atoms with van der Waals surface area (Å²) in [6, 6.07) is 8.57. The van der Waals surface area contributed by atoms with E-state index >= 15 is 0 Å². The van der Waals surface area contributed by atoms with Gasteiger partial charge in [-0.05, 0) is 43.0 Å². The molecule has 0 aliphatic carbocycles. The molecule has 4 nitrogen and oxygen atoms in total. The lowest BCUT2D eigenvalue weighted by atomic mass is 10.00. The van der Waals surface area contributed by atoms with Crippen molar-refractivity contribution in [3.8, 4) is 11.3 Å². The van der Waals surface area contributed by atoms with Crippen molar-refractivity contribution in [2.75, 3.05) is 5.88 Å². The molecule has 0 saturated carbocycles. The van der Waals surface area contributed by atoms with Crippen molar-refractivity contribution in [1.29, 1.82) is 0 Å². The van der Waals surface area contributed by atoms with Crippen LogP contribution in [0.3, 0.4) is 0 Å². The number of hydrogen-bond acceptors (Lipinski definition) is 2. The Morgan fingerprint density at radius 2 is 2.09 bits per heavy atom. The Hall–Kier alpha value is -1.89. The molecule has 7 heteroatoms. The van der Waals surface area contributed by atoms with Crippen LogP contribution in [0.1, 0.15) is 45.2 Å². The van der Waals surface area contributed by atoms with Gasteiger partial charge in [0.2, 0.25) is 0 Å². The van der Waals surface area contributed by atoms with E-state index in [1.54, 1.807) is 17.8 Å². The van der Waals surface area contributed by atoms with Crippen LogP contribution in [0.25, 0.3) is 22.2 Å².